The van der Waals surface area contributed by atoms with E-state index in [1.807, 2.05) is 0 Å². The molecule has 0 saturated heterocycles. The number of carbonyl (C=O) groups is 2. The van der Waals surface area contributed by atoms with Gasteiger partial charge in [-0.3, -0.25) is 14.4 Å². The fourth-order valence-electron chi connectivity index (χ4n) is 4.71. The third-order valence-corrected chi connectivity index (χ3v) is 6.36. The number of benzene rings is 1. The predicted molar refractivity (Wildman–Crippen MR) is 119 cm³/mol. The minimum Gasteiger partial charge on any atom is -0.497 e. The lowest BCUT2D eigenvalue weighted by molar-refractivity contribution is -0.146. The van der Waals surface area contributed by atoms with Crippen LogP contribution in [-0.2, 0) is 22.7 Å². The fraction of sp³-hybridized carbons (Fsp3) is 0.200. The summed E-state index contributed by atoms with van der Waals surface area (Å²) >= 11 is 0. The van der Waals surface area contributed by atoms with Crippen LogP contribution in [-0.4, -0.2) is 33.5 Å². The second kappa shape index (κ2) is 7.39. The quantitative estimate of drug-likeness (QED) is 0.324. The summed E-state index contributed by atoms with van der Waals surface area (Å²) in [5.74, 6) is -0.178. The maximum atomic E-state index is 13.6. The van der Waals surface area contributed by atoms with Crippen LogP contribution < -0.4 is 10.3 Å². The molecule has 9 nitrogen and oxygen atoms in total. The molecular formula is C25H18N2O7. The summed E-state index contributed by atoms with van der Waals surface area (Å²) in [5.41, 5.74) is 2.60. The second-order valence-electron chi connectivity index (χ2n) is 8.24. The molecule has 0 aliphatic carbocycles. The Morgan fingerprint density at radius 2 is 2.06 bits per heavy atom. The first kappa shape index (κ1) is 20.4. The van der Waals surface area contributed by atoms with Gasteiger partial charge in [0.1, 0.15) is 12.4 Å². The van der Waals surface area contributed by atoms with E-state index in [0.29, 0.717) is 44.7 Å². The number of hydrogen-bond donors (Lipinski definition) is 1. The first-order chi connectivity index (χ1) is 16.5. The van der Waals surface area contributed by atoms with E-state index < -0.39 is 17.6 Å². The number of esters is 1. The van der Waals surface area contributed by atoms with E-state index in [2.05, 4.69) is 0 Å². The zero-order chi connectivity index (χ0) is 23.6. The molecule has 0 saturated carbocycles. The average Bonchev–Trinajstić information content (AvgIpc) is 3.46. The molecule has 0 unspecified atom stereocenters. The maximum Gasteiger partial charge on any atom is 0.309 e. The lowest BCUT2D eigenvalue weighted by Gasteiger charge is -2.13. The molecule has 3 aromatic heterocycles. The number of hydrogen-bond acceptors (Lipinski definition) is 8. The molecule has 1 aromatic carbocycles. The van der Waals surface area contributed by atoms with Gasteiger partial charge < -0.3 is 23.6 Å². The molecule has 2 aliphatic heterocycles. The highest BCUT2D eigenvalue weighted by Gasteiger charge is 2.34. The number of pyridine rings is 2. The number of rotatable bonds is 3. The number of aromatic nitrogens is 2. The van der Waals surface area contributed by atoms with Crippen LogP contribution in [0.4, 0.5) is 0 Å². The highest BCUT2D eigenvalue weighted by atomic mass is 16.5. The number of cyclic esters (lactones) is 1. The van der Waals surface area contributed by atoms with Gasteiger partial charge in [0.2, 0.25) is 5.78 Å². The van der Waals surface area contributed by atoms with Gasteiger partial charge in [0.25, 0.3) is 5.56 Å². The molecule has 6 rings (SSSR count). The number of methoxy groups -OCH3 is 1. The maximum absolute atomic E-state index is 13.6. The van der Waals surface area contributed by atoms with Crippen molar-refractivity contribution in [1.82, 2.24) is 9.55 Å². The van der Waals surface area contributed by atoms with Gasteiger partial charge in [0.05, 0.1) is 54.9 Å². The number of aliphatic hydroxyl groups excluding tert-OH is 1. The Balaban J connectivity index is 1.64. The van der Waals surface area contributed by atoms with Crippen molar-refractivity contribution in [3.8, 4) is 17.1 Å². The molecule has 2 aliphatic rings. The molecule has 1 N–H and O–H groups in total. The third-order valence-electron chi connectivity index (χ3n) is 6.36. The molecule has 5 heterocycles. The van der Waals surface area contributed by atoms with Gasteiger partial charge >= 0.3 is 5.97 Å². The van der Waals surface area contributed by atoms with Crippen molar-refractivity contribution in [2.24, 2.45) is 0 Å². The van der Waals surface area contributed by atoms with Gasteiger partial charge in [-0.2, -0.15) is 0 Å². The average molecular weight is 458 g/mol. The molecule has 1 atom stereocenters. The van der Waals surface area contributed by atoms with Crippen LogP contribution in [0.3, 0.4) is 0 Å². The van der Waals surface area contributed by atoms with Gasteiger partial charge in [-0.1, -0.05) is 0 Å². The van der Waals surface area contributed by atoms with Crippen molar-refractivity contribution >= 4 is 22.7 Å². The third kappa shape index (κ3) is 2.90. The van der Waals surface area contributed by atoms with Crippen molar-refractivity contribution in [3.05, 3.63) is 81.0 Å². The largest absolute Gasteiger partial charge is 0.497 e. The van der Waals surface area contributed by atoms with Crippen LogP contribution in [0.25, 0.3) is 22.3 Å². The number of nitrogens with zero attached hydrogens (tertiary/aromatic N) is 2. The summed E-state index contributed by atoms with van der Waals surface area (Å²) in [6, 6.07) is 10.1. The molecule has 9 heteroatoms. The highest BCUT2D eigenvalue weighted by Crippen LogP contribution is 2.39. The van der Waals surface area contributed by atoms with Gasteiger partial charge in [0, 0.05) is 16.5 Å². The van der Waals surface area contributed by atoms with Crippen LogP contribution in [0.15, 0.2) is 51.9 Å². The molecule has 34 heavy (non-hydrogen) atoms. The Hall–Kier alpha value is -4.24. The minimum atomic E-state index is -1.17. The van der Waals surface area contributed by atoms with Gasteiger partial charge in [-0.15, -0.1) is 0 Å². The standard InChI is InChI=1S/C25H18N2O7/c1-32-12-4-5-17-14(7-12)22(24(30)20-3-2-6-33-20)15-10-27-18(23(15)26-17)8-13-16(25(27)31)11-34-21(29)9-19(13)28/h2-8,19,28H,9-11H2,1H3/t19-/m0/s1. The monoisotopic (exact) mass is 458 g/mol. The highest BCUT2D eigenvalue weighted by molar-refractivity contribution is 6.17. The van der Waals surface area contributed by atoms with E-state index in [4.69, 9.17) is 18.9 Å². The first-order valence-corrected chi connectivity index (χ1v) is 10.7. The number of ketones is 1. The van der Waals surface area contributed by atoms with E-state index in [-0.39, 0.29) is 36.7 Å². The summed E-state index contributed by atoms with van der Waals surface area (Å²) in [4.78, 5) is 43.5. The van der Waals surface area contributed by atoms with Crippen LogP contribution in [0.2, 0.25) is 0 Å². The number of fused-ring (bicyclic) bond motifs is 5. The van der Waals surface area contributed by atoms with Crippen molar-refractivity contribution < 1.29 is 28.6 Å². The van der Waals surface area contributed by atoms with Gasteiger partial charge in [-0.25, -0.2) is 4.98 Å². The number of furan rings is 1. The first-order valence-electron chi connectivity index (χ1n) is 10.7. The molecule has 0 bridgehead atoms. The molecule has 0 fully saturated rings. The summed E-state index contributed by atoms with van der Waals surface area (Å²) in [6.45, 7) is -0.117. The van der Waals surface area contributed by atoms with E-state index in [1.165, 1.54) is 17.9 Å². The number of aliphatic hydroxyl groups is 1. The molecule has 0 radical (unpaired) electrons. The normalized spacial score (nSPS) is 16.4. The second-order valence-corrected chi connectivity index (χ2v) is 8.24. The van der Waals surface area contributed by atoms with Crippen molar-refractivity contribution in [2.75, 3.05) is 7.11 Å². The van der Waals surface area contributed by atoms with Crippen molar-refractivity contribution in [2.45, 2.75) is 25.7 Å². The van der Waals surface area contributed by atoms with E-state index >= 15 is 0 Å². The Kier molecular flexibility index (Phi) is 4.43. The van der Waals surface area contributed by atoms with Crippen molar-refractivity contribution in [3.63, 3.8) is 0 Å². The van der Waals surface area contributed by atoms with Crippen LogP contribution >= 0.6 is 0 Å². The Labute approximate surface area is 192 Å². The van der Waals surface area contributed by atoms with Crippen LogP contribution in [0.5, 0.6) is 5.75 Å². The minimum absolute atomic E-state index is 0.1000. The summed E-state index contributed by atoms with van der Waals surface area (Å²) in [6.07, 6.45) is 0.0216. The zero-order valence-corrected chi connectivity index (χ0v) is 18.0. The fourth-order valence-corrected chi connectivity index (χ4v) is 4.71. The number of ether oxygens (including phenoxy) is 2. The lowest BCUT2D eigenvalue weighted by Crippen LogP contribution is -2.25. The lowest BCUT2D eigenvalue weighted by atomic mass is 9.95. The Morgan fingerprint density at radius 3 is 2.82 bits per heavy atom. The van der Waals surface area contributed by atoms with Gasteiger partial charge in [-0.05, 0) is 42.0 Å². The summed E-state index contributed by atoms with van der Waals surface area (Å²) in [7, 11) is 1.54. The topological polar surface area (TPSA) is 121 Å². The molecule has 4 aromatic rings. The Morgan fingerprint density at radius 1 is 1.21 bits per heavy atom. The van der Waals surface area contributed by atoms with E-state index in [0.717, 1.165) is 0 Å². The Bertz CT molecular complexity index is 1570. The molecular weight excluding hydrogens is 440 g/mol. The van der Waals surface area contributed by atoms with Gasteiger partial charge in [0.15, 0.2) is 5.76 Å². The predicted octanol–water partition coefficient (Wildman–Crippen LogP) is 2.74. The van der Waals surface area contributed by atoms with E-state index in [9.17, 15) is 19.5 Å². The number of carbonyl (C=O) groups excluding carboxylic acids is 2. The van der Waals surface area contributed by atoms with E-state index in [1.54, 1.807) is 36.4 Å². The molecule has 0 spiro atoms. The SMILES string of the molecule is COc1ccc2nc3c(c(C(=O)c4ccco4)c2c1)Cn1c-3cc2c(c1=O)COC(=O)C[C@@H]2O. The van der Waals surface area contributed by atoms with Crippen LogP contribution in [0.1, 0.15) is 45.3 Å². The molecule has 0 amide bonds. The van der Waals surface area contributed by atoms with Crippen molar-refractivity contribution in [1.29, 1.82) is 0 Å². The zero-order valence-electron chi connectivity index (χ0n) is 18.0. The van der Waals surface area contributed by atoms with Crippen LogP contribution in [0, 0.1) is 0 Å². The summed E-state index contributed by atoms with van der Waals surface area (Å²) in [5, 5.41) is 11.1. The molecule has 170 valence electrons. The smallest absolute Gasteiger partial charge is 0.309 e. The summed E-state index contributed by atoms with van der Waals surface area (Å²) < 4.78 is 17.4.